The monoisotopic (exact) mass is 513 g/mol. The van der Waals surface area contributed by atoms with Gasteiger partial charge in [-0.05, 0) is 30.3 Å². The molecule has 0 aromatic heterocycles. The number of fused-ring (bicyclic) bond motifs is 1. The van der Waals surface area contributed by atoms with Gasteiger partial charge in [-0.15, -0.1) is 0 Å². The van der Waals surface area contributed by atoms with Crippen molar-refractivity contribution in [1.82, 2.24) is 0 Å². The predicted molar refractivity (Wildman–Crippen MR) is 103 cm³/mol. The molecule has 1 aliphatic heterocycles. The van der Waals surface area contributed by atoms with E-state index in [-0.39, 0.29) is 15.7 Å². The maximum absolute atomic E-state index is 16.4. The summed E-state index contributed by atoms with van der Waals surface area (Å²) in [6.07, 6.45) is -6.65. The molecule has 0 radical (unpaired) electrons. The summed E-state index contributed by atoms with van der Waals surface area (Å²) >= 11 is 5.91. The number of carbonyl (C=O) groups excluding carboxylic acids is 2. The van der Waals surface area contributed by atoms with Gasteiger partial charge in [-0.25, -0.2) is 23.2 Å². The minimum absolute atomic E-state index is 0.0338. The topological polar surface area (TPSA) is 123 Å². The van der Waals surface area contributed by atoms with E-state index < -0.39 is 60.8 Å². The summed E-state index contributed by atoms with van der Waals surface area (Å²) in [5.41, 5.74) is -6.47. The number of benzene rings is 2. The van der Waals surface area contributed by atoms with Gasteiger partial charge in [0.1, 0.15) is 5.75 Å². The van der Waals surface area contributed by atoms with Crippen LogP contribution in [0.5, 0.6) is 5.75 Å². The first-order valence-electron chi connectivity index (χ1n) is 8.66. The smallest absolute Gasteiger partial charge is 0.472 e. The van der Waals surface area contributed by atoms with Crippen LogP contribution in [0.2, 0.25) is 5.02 Å². The van der Waals surface area contributed by atoms with E-state index >= 15 is 4.39 Å². The molecule has 33 heavy (non-hydrogen) atoms. The lowest BCUT2D eigenvalue weighted by Crippen LogP contribution is -2.42. The number of imide groups is 1. The van der Waals surface area contributed by atoms with Gasteiger partial charge in [0.15, 0.2) is 0 Å². The molecule has 3 rings (SSSR count). The lowest BCUT2D eigenvalue weighted by Gasteiger charge is -2.22. The van der Waals surface area contributed by atoms with Crippen LogP contribution in [0.25, 0.3) is 0 Å². The van der Waals surface area contributed by atoms with Crippen molar-refractivity contribution >= 4 is 37.1 Å². The van der Waals surface area contributed by atoms with Crippen molar-refractivity contribution in [2.75, 3.05) is 18.8 Å². The number of ether oxygens (including phenoxy) is 2. The summed E-state index contributed by atoms with van der Waals surface area (Å²) in [7, 11) is -3.94. The third-order valence-corrected chi connectivity index (χ3v) is 5.23. The number of nitrogens with zero attached hydrogens (tertiary/aromatic N) is 1. The molecule has 1 atom stereocenters. The van der Waals surface area contributed by atoms with E-state index in [1.54, 1.807) is 0 Å². The summed E-state index contributed by atoms with van der Waals surface area (Å²) in [6.45, 7) is -1.37. The highest BCUT2D eigenvalue weighted by molar-refractivity contribution is 7.46. The van der Waals surface area contributed by atoms with Gasteiger partial charge in [0.05, 0.1) is 18.4 Å². The van der Waals surface area contributed by atoms with Gasteiger partial charge in [-0.2, -0.15) is 13.2 Å². The highest BCUT2D eigenvalue weighted by atomic mass is 35.5. The van der Waals surface area contributed by atoms with Gasteiger partial charge in [-0.3, -0.25) is 4.79 Å². The Morgan fingerprint density at radius 2 is 1.85 bits per heavy atom. The van der Waals surface area contributed by atoms with Crippen LogP contribution < -0.4 is 9.64 Å². The maximum atomic E-state index is 16.4. The van der Waals surface area contributed by atoms with Crippen LogP contribution in [0, 0.1) is 0 Å². The molecular formula is C18H13ClF4NO8P. The molecular weight excluding hydrogens is 501 g/mol. The third-order valence-electron chi connectivity index (χ3n) is 4.55. The van der Waals surface area contributed by atoms with E-state index in [4.69, 9.17) is 26.1 Å². The largest absolute Gasteiger partial charge is 0.496 e. The van der Waals surface area contributed by atoms with E-state index in [2.05, 4.69) is 9.26 Å². The summed E-state index contributed by atoms with van der Waals surface area (Å²) in [6, 6.07) is 5.08. The molecule has 0 fully saturated rings. The van der Waals surface area contributed by atoms with Crippen LogP contribution in [0.4, 0.5) is 28.0 Å². The number of amides is 2. The van der Waals surface area contributed by atoms with Crippen LogP contribution in [0.1, 0.15) is 16.7 Å². The molecule has 2 amide bonds. The third kappa shape index (κ3) is 4.68. The molecule has 0 bridgehead atoms. The Bertz CT molecular complexity index is 1170. The number of hydrogen-bond donors (Lipinski definition) is 2. The Kier molecular flexibility index (Phi) is 6.48. The van der Waals surface area contributed by atoms with E-state index in [9.17, 15) is 27.3 Å². The zero-order valence-corrected chi connectivity index (χ0v) is 17.9. The van der Waals surface area contributed by atoms with Crippen molar-refractivity contribution in [2.45, 2.75) is 11.8 Å². The standard InChI is InChI=1S/C18H13ClF4NO8P/c1-30-14-5-3-10(19)7-12(14)17(20)11-4-2-9(18(21,22)23)6-13(11)24(15(17)25)16(26)31-8-32-33(27,28)29/h2-7H,8H2,1H3,(H2,27,28,29)/t17-/m0/s1. The second-order valence-electron chi connectivity index (χ2n) is 6.52. The summed E-state index contributed by atoms with van der Waals surface area (Å²) in [4.78, 5) is 42.8. The van der Waals surface area contributed by atoms with Crippen molar-refractivity contribution in [3.63, 3.8) is 0 Å². The first kappa shape index (κ1) is 24.9. The normalized spacial score (nSPS) is 18.3. The second kappa shape index (κ2) is 8.58. The number of hydrogen-bond acceptors (Lipinski definition) is 6. The molecule has 15 heteroatoms. The average molecular weight is 514 g/mol. The Hall–Kier alpha value is -2.70. The molecule has 1 aliphatic rings. The predicted octanol–water partition coefficient (Wildman–Crippen LogP) is 4.13. The van der Waals surface area contributed by atoms with Crippen molar-refractivity contribution in [3.8, 4) is 5.75 Å². The molecule has 2 aromatic rings. The Morgan fingerprint density at radius 1 is 1.18 bits per heavy atom. The Morgan fingerprint density at radius 3 is 2.42 bits per heavy atom. The first-order valence-corrected chi connectivity index (χ1v) is 10.6. The fourth-order valence-electron chi connectivity index (χ4n) is 3.16. The quantitative estimate of drug-likeness (QED) is 0.348. The number of carbonyl (C=O) groups is 2. The van der Waals surface area contributed by atoms with Gasteiger partial charge in [-0.1, -0.05) is 17.7 Å². The van der Waals surface area contributed by atoms with Crippen LogP contribution in [0.15, 0.2) is 36.4 Å². The minimum Gasteiger partial charge on any atom is -0.496 e. The summed E-state index contributed by atoms with van der Waals surface area (Å²) in [5, 5.41) is -0.0415. The number of halogens is 5. The zero-order chi connectivity index (χ0) is 24.8. The molecule has 0 unspecified atom stereocenters. The van der Waals surface area contributed by atoms with Crippen LogP contribution >= 0.6 is 19.4 Å². The van der Waals surface area contributed by atoms with Crippen molar-refractivity contribution in [2.24, 2.45) is 0 Å². The number of rotatable bonds is 5. The number of phosphoric ester groups is 1. The van der Waals surface area contributed by atoms with Gasteiger partial charge in [0.2, 0.25) is 12.5 Å². The van der Waals surface area contributed by atoms with Crippen molar-refractivity contribution < 1.29 is 55.5 Å². The van der Waals surface area contributed by atoms with E-state index in [1.807, 2.05) is 0 Å². The molecule has 178 valence electrons. The van der Waals surface area contributed by atoms with Gasteiger partial charge < -0.3 is 19.3 Å². The lowest BCUT2D eigenvalue weighted by molar-refractivity contribution is -0.137. The highest BCUT2D eigenvalue weighted by Gasteiger charge is 2.57. The zero-order valence-electron chi connectivity index (χ0n) is 16.3. The SMILES string of the molecule is COc1ccc(Cl)cc1[C@]1(F)C(=O)N(C(=O)OCOP(=O)(O)O)c2cc(C(F)(F)F)ccc21. The van der Waals surface area contributed by atoms with Crippen molar-refractivity contribution in [3.05, 3.63) is 58.1 Å². The molecule has 0 aliphatic carbocycles. The number of anilines is 1. The highest BCUT2D eigenvalue weighted by Crippen LogP contribution is 2.51. The van der Waals surface area contributed by atoms with Crippen LogP contribution in [0.3, 0.4) is 0 Å². The van der Waals surface area contributed by atoms with Crippen molar-refractivity contribution in [1.29, 1.82) is 0 Å². The lowest BCUT2D eigenvalue weighted by atomic mass is 9.88. The Balaban J connectivity index is 2.16. The number of phosphoric acid groups is 1. The fraction of sp³-hybridized carbons (Fsp3) is 0.222. The molecule has 0 spiro atoms. The van der Waals surface area contributed by atoms with E-state index in [0.717, 1.165) is 13.2 Å². The fourth-order valence-corrected chi connectivity index (χ4v) is 3.53. The van der Waals surface area contributed by atoms with Gasteiger partial charge in [0, 0.05) is 16.1 Å². The summed E-state index contributed by atoms with van der Waals surface area (Å²) < 4.78 is 80.3. The van der Waals surface area contributed by atoms with Crippen LogP contribution in [-0.4, -0.2) is 35.7 Å². The first-order chi connectivity index (χ1) is 15.2. The maximum Gasteiger partial charge on any atom is 0.472 e. The van der Waals surface area contributed by atoms with E-state index in [0.29, 0.717) is 18.2 Å². The molecule has 1 heterocycles. The van der Waals surface area contributed by atoms with E-state index in [1.165, 1.54) is 12.1 Å². The van der Waals surface area contributed by atoms with Gasteiger partial charge >= 0.3 is 20.1 Å². The molecule has 2 N–H and O–H groups in total. The van der Waals surface area contributed by atoms with Crippen LogP contribution in [-0.2, 0) is 30.5 Å². The number of alkyl halides is 4. The minimum atomic E-state index is -5.09. The molecule has 9 nitrogen and oxygen atoms in total. The second-order valence-corrected chi connectivity index (χ2v) is 8.20. The molecule has 0 saturated carbocycles. The summed E-state index contributed by atoms with van der Waals surface area (Å²) in [5.74, 6) is -1.86. The van der Waals surface area contributed by atoms with Gasteiger partial charge in [0.25, 0.3) is 5.91 Å². The molecule has 2 aromatic carbocycles. The Labute approximate surface area is 187 Å². The number of methoxy groups -OCH3 is 1. The average Bonchev–Trinajstić information content (AvgIpc) is 2.94. The molecule has 0 saturated heterocycles.